The molecular formula is C27H32N2O7S. The van der Waals surface area contributed by atoms with Crippen LogP contribution in [-0.2, 0) is 14.8 Å². The van der Waals surface area contributed by atoms with E-state index < -0.39 is 28.5 Å². The van der Waals surface area contributed by atoms with Crippen molar-refractivity contribution in [3.63, 3.8) is 0 Å². The summed E-state index contributed by atoms with van der Waals surface area (Å²) in [5.74, 6) is 1.27. The molecule has 1 N–H and O–H groups in total. The molecule has 3 aromatic carbocycles. The summed E-state index contributed by atoms with van der Waals surface area (Å²) in [4.78, 5) is 13.1. The first kappa shape index (κ1) is 27.7. The molecule has 0 aliphatic heterocycles. The highest BCUT2D eigenvalue weighted by Gasteiger charge is 2.29. The molecule has 0 radical (unpaired) electrons. The minimum Gasteiger partial charge on any atom is -0.493 e. The van der Waals surface area contributed by atoms with Crippen molar-refractivity contribution in [3.8, 4) is 23.0 Å². The van der Waals surface area contributed by atoms with Gasteiger partial charge in [0.15, 0.2) is 23.0 Å². The number of amides is 1. The van der Waals surface area contributed by atoms with Crippen LogP contribution in [0.2, 0.25) is 0 Å². The maximum absolute atomic E-state index is 13.7. The van der Waals surface area contributed by atoms with Crippen molar-refractivity contribution in [3.05, 3.63) is 71.8 Å². The van der Waals surface area contributed by atoms with Gasteiger partial charge in [-0.25, -0.2) is 8.42 Å². The summed E-state index contributed by atoms with van der Waals surface area (Å²) in [5, 5.41) is 2.87. The third kappa shape index (κ3) is 6.26. The molecule has 1 atom stereocenters. The fourth-order valence-electron chi connectivity index (χ4n) is 3.75. The Kier molecular flexibility index (Phi) is 8.88. The molecular weight excluding hydrogens is 496 g/mol. The van der Waals surface area contributed by atoms with Gasteiger partial charge in [-0.15, -0.1) is 0 Å². The molecule has 0 unspecified atom stereocenters. The monoisotopic (exact) mass is 528 g/mol. The Morgan fingerprint density at radius 3 is 1.92 bits per heavy atom. The standard InChI is InChI=1S/C27H32N2O7S/c1-18-7-10-21(11-8-18)29(37(31,32)22-12-14-24(34-4)26(16-22)36-6)17-27(30)28-19(2)20-9-13-23(33-3)25(15-20)35-5/h7-16,19H,17H2,1-6H3,(H,28,30)/t19-/m0/s1. The third-order valence-electron chi connectivity index (χ3n) is 5.84. The molecule has 37 heavy (non-hydrogen) atoms. The van der Waals surface area contributed by atoms with Gasteiger partial charge in [-0.3, -0.25) is 9.10 Å². The van der Waals surface area contributed by atoms with Crippen LogP contribution in [0.15, 0.2) is 65.6 Å². The summed E-state index contributed by atoms with van der Waals surface area (Å²) >= 11 is 0. The number of rotatable bonds is 11. The quantitative estimate of drug-likeness (QED) is 0.400. The predicted octanol–water partition coefficient (Wildman–Crippen LogP) is 4.10. The smallest absolute Gasteiger partial charge is 0.264 e. The fraction of sp³-hybridized carbons (Fsp3) is 0.296. The highest BCUT2D eigenvalue weighted by molar-refractivity contribution is 7.92. The largest absolute Gasteiger partial charge is 0.493 e. The number of carbonyl (C=O) groups is 1. The number of carbonyl (C=O) groups excluding carboxylic acids is 1. The normalized spacial score (nSPS) is 11.8. The molecule has 0 saturated heterocycles. The van der Waals surface area contributed by atoms with Crippen LogP contribution in [-0.4, -0.2) is 49.3 Å². The van der Waals surface area contributed by atoms with Gasteiger partial charge in [-0.05, 0) is 55.8 Å². The van der Waals surface area contributed by atoms with Crippen LogP contribution in [0.5, 0.6) is 23.0 Å². The van der Waals surface area contributed by atoms with E-state index in [1.165, 1.54) is 39.5 Å². The van der Waals surface area contributed by atoms with Crippen LogP contribution in [0.4, 0.5) is 5.69 Å². The number of methoxy groups -OCH3 is 4. The number of anilines is 1. The maximum Gasteiger partial charge on any atom is 0.264 e. The Morgan fingerprint density at radius 2 is 1.35 bits per heavy atom. The second-order valence-corrected chi connectivity index (χ2v) is 10.1. The first-order chi connectivity index (χ1) is 17.6. The highest BCUT2D eigenvalue weighted by Crippen LogP contribution is 2.33. The van der Waals surface area contributed by atoms with Crippen LogP contribution in [0.25, 0.3) is 0 Å². The molecule has 0 aromatic heterocycles. The van der Waals surface area contributed by atoms with Gasteiger partial charge in [0.1, 0.15) is 6.54 Å². The molecule has 10 heteroatoms. The number of ether oxygens (including phenoxy) is 4. The topological polar surface area (TPSA) is 103 Å². The van der Waals surface area contributed by atoms with E-state index in [9.17, 15) is 13.2 Å². The lowest BCUT2D eigenvalue weighted by Gasteiger charge is -2.25. The van der Waals surface area contributed by atoms with Gasteiger partial charge in [0.2, 0.25) is 5.91 Å². The first-order valence-electron chi connectivity index (χ1n) is 11.5. The molecule has 0 fully saturated rings. The van der Waals surface area contributed by atoms with Crippen molar-refractivity contribution in [1.29, 1.82) is 0 Å². The van der Waals surface area contributed by atoms with Gasteiger partial charge in [-0.1, -0.05) is 23.8 Å². The molecule has 3 aromatic rings. The third-order valence-corrected chi connectivity index (χ3v) is 7.61. The lowest BCUT2D eigenvalue weighted by Crippen LogP contribution is -2.41. The van der Waals surface area contributed by atoms with E-state index in [1.807, 2.05) is 13.0 Å². The molecule has 198 valence electrons. The molecule has 0 bridgehead atoms. The summed E-state index contributed by atoms with van der Waals surface area (Å²) in [6, 6.07) is 16.1. The number of hydrogen-bond donors (Lipinski definition) is 1. The van der Waals surface area contributed by atoms with E-state index in [2.05, 4.69) is 5.32 Å². The Labute approximate surface area is 218 Å². The minimum atomic E-state index is -4.14. The van der Waals surface area contributed by atoms with Crippen molar-refractivity contribution >= 4 is 21.6 Å². The van der Waals surface area contributed by atoms with E-state index in [0.29, 0.717) is 22.9 Å². The Bertz CT molecular complexity index is 1340. The van der Waals surface area contributed by atoms with Gasteiger partial charge in [0.05, 0.1) is 45.1 Å². The SMILES string of the molecule is COc1ccc([C@H](C)NC(=O)CN(c2ccc(C)cc2)S(=O)(=O)c2ccc(OC)c(OC)c2)cc1OC. The number of sulfonamides is 1. The molecule has 0 heterocycles. The van der Waals surface area contributed by atoms with Crippen LogP contribution >= 0.6 is 0 Å². The van der Waals surface area contributed by atoms with E-state index in [-0.39, 0.29) is 10.6 Å². The second kappa shape index (κ2) is 11.9. The highest BCUT2D eigenvalue weighted by atomic mass is 32.2. The van der Waals surface area contributed by atoms with Crippen LogP contribution in [0.1, 0.15) is 24.1 Å². The fourth-order valence-corrected chi connectivity index (χ4v) is 5.19. The Hall–Kier alpha value is -3.92. The molecule has 9 nitrogen and oxygen atoms in total. The van der Waals surface area contributed by atoms with Gasteiger partial charge < -0.3 is 24.3 Å². The molecule has 3 rings (SSSR count). The summed E-state index contributed by atoms with van der Waals surface area (Å²) < 4.78 is 49.7. The zero-order chi connectivity index (χ0) is 27.2. The molecule has 0 spiro atoms. The van der Waals surface area contributed by atoms with Crippen LogP contribution < -0.4 is 28.6 Å². The minimum absolute atomic E-state index is 0.0357. The Balaban J connectivity index is 1.92. The van der Waals surface area contributed by atoms with Gasteiger partial charge in [0, 0.05) is 6.07 Å². The van der Waals surface area contributed by atoms with E-state index in [1.54, 1.807) is 50.4 Å². The number of aryl methyl sites for hydroxylation is 1. The summed E-state index contributed by atoms with van der Waals surface area (Å²) in [6.07, 6.45) is 0. The van der Waals surface area contributed by atoms with Crippen molar-refractivity contribution in [2.24, 2.45) is 0 Å². The summed E-state index contributed by atoms with van der Waals surface area (Å²) in [5.41, 5.74) is 2.09. The lowest BCUT2D eigenvalue weighted by atomic mass is 10.1. The van der Waals surface area contributed by atoms with Gasteiger partial charge in [0.25, 0.3) is 10.0 Å². The predicted molar refractivity (Wildman–Crippen MR) is 141 cm³/mol. The lowest BCUT2D eigenvalue weighted by molar-refractivity contribution is -0.120. The molecule has 0 saturated carbocycles. The molecule has 1 amide bonds. The zero-order valence-electron chi connectivity index (χ0n) is 21.8. The molecule has 0 aliphatic rings. The van der Waals surface area contributed by atoms with Crippen molar-refractivity contribution < 1.29 is 32.2 Å². The van der Waals surface area contributed by atoms with Crippen molar-refractivity contribution in [2.75, 3.05) is 39.3 Å². The van der Waals surface area contributed by atoms with Crippen molar-refractivity contribution in [2.45, 2.75) is 24.8 Å². The van der Waals surface area contributed by atoms with E-state index in [4.69, 9.17) is 18.9 Å². The average molecular weight is 529 g/mol. The number of nitrogens with one attached hydrogen (secondary N) is 1. The number of benzene rings is 3. The Morgan fingerprint density at radius 1 is 0.811 bits per heavy atom. The second-order valence-electron chi connectivity index (χ2n) is 8.27. The number of nitrogens with zero attached hydrogens (tertiary/aromatic N) is 1. The van der Waals surface area contributed by atoms with Crippen LogP contribution in [0, 0.1) is 6.92 Å². The van der Waals surface area contributed by atoms with Gasteiger partial charge >= 0.3 is 0 Å². The van der Waals surface area contributed by atoms with E-state index in [0.717, 1.165) is 15.4 Å². The maximum atomic E-state index is 13.7. The number of hydrogen-bond acceptors (Lipinski definition) is 7. The average Bonchev–Trinajstić information content (AvgIpc) is 2.91. The van der Waals surface area contributed by atoms with Gasteiger partial charge in [-0.2, -0.15) is 0 Å². The van der Waals surface area contributed by atoms with Crippen LogP contribution in [0.3, 0.4) is 0 Å². The summed E-state index contributed by atoms with van der Waals surface area (Å²) in [6.45, 7) is 3.27. The van der Waals surface area contributed by atoms with E-state index >= 15 is 0 Å². The van der Waals surface area contributed by atoms with Crippen molar-refractivity contribution in [1.82, 2.24) is 5.32 Å². The molecule has 0 aliphatic carbocycles. The first-order valence-corrected chi connectivity index (χ1v) is 12.9. The summed E-state index contributed by atoms with van der Waals surface area (Å²) in [7, 11) is 1.83. The zero-order valence-corrected chi connectivity index (χ0v) is 22.6.